The molecule has 4 aromatic rings. The van der Waals surface area contributed by atoms with Crippen molar-refractivity contribution in [3.8, 4) is 22.5 Å². The Labute approximate surface area is 310 Å². The van der Waals surface area contributed by atoms with Crippen LogP contribution in [0.3, 0.4) is 0 Å². The van der Waals surface area contributed by atoms with E-state index in [0.717, 1.165) is 61.5 Å². The maximum Gasteiger partial charge on any atom is 0.407 e. The minimum absolute atomic E-state index is 0.207. The molecule has 6 rings (SSSR count). The highest BCUT2D eigenvalue weighted by atomic mass is 16.6. The number of alkyl carbamates (subject to hydrolysis) is 1. The number of likely N-dealkylation sites (N-methyl/N-ethyl adjacent to an activating group) is 1. The van der Waals surface area contributed by atoms with Gasteiger partial charge in [0.25, 0.3) is 5.91 Å². The molecule has 0 spiro atoms. The number of carbonyl (C=O) groups excluding carboxylic acids is 3. The molecule has 2 aromatic carbocycles. The van der Waals surface area contributed by atoms with Crippen molar-refractivity contribution in [1.29, 1.82) is 0 Å². The number of nitrogens with one attached hydrogen (secondary N) is 2. The molecule has 280 valence electrons. The van der Waals surface area contributed by atoms with Gasteiger partial charge in [0.05, 0.1) is 11.7 Å². The summed E-state index contributed by atoms with van der Waals surface area (Å²) in [6.07, 6.45) is 4.27. The SMILES string of the molecule is CN1CCN(c2cc(-c3cccc(C[C@H](N)C(=O)N(c4ccc(-c5nnn[nH]5)cc4)C(=O)[C@H]4CC[C@H](CNC(=O)OC(C)(C)C)CC4)c3)ccn2)CC1. The Morgan fingerprint density at radius 2 is 1.68 bits per heavy atom. The highest BCUT2D eigenvalue weighted by molar-refractivity contribution is 6.17. The van der Waals surface area contributed by atoms with Crippen LogP contribution in [0.15, 0.2) is 66.9 Å². The highest BCUT2D eigenvalue weighted by Crippen LogP contribution is 2.32. The van der Waals surface area contributed by atoms with Crippen molar-refractivity contribution in [3.05, 3.63) is 72.4 Å². The van der Waals surface area contributed by atoms with Gasteiger partial charge in [-0.25, -0.2) is 19.8 Å². The minimum Gasteiger partial charge on any atom is -0.444 e. The number of imide groups is 1. The van der Waals surface area contributed by atoms with E-state index in [0.29, 0.717) is 36.5 Å². The summed E-state index contributed by atoms with van der Waals surface area (Å²) in [6.45, 7) is 9.77. The smallest absolute Gasteiger partial charge is 0.407 e. The molecule has 1 saturated heterocycles. The van der Waals surface area contributed by atoms with Crippen LogP contribution in [0.2, 0.25) is 0 Å². The maximum absolute atomic E-state index is 14.3. The van der Waals surface area contributed by atoms with Gasteiger partial charge in [-0.05, 0) is 129 Å². The van der Waals surface area contributed by atoms with Crippen LogP contribution in [0, 0.1) is 11.8 Å². The standard InChI is InChI=1S/C39H50N10O4/c1-39(2,3)53-38(52)42-25-26-8-10-29(11-9-26)36(50)49(32-14-12-28(13-15-32)35-43-45-46-44-35)37(51)33(40)23-27-6-5-7-30(22-27)31-16-17-41-34(24-31)48-20-18-47(4)19-21-48/h5-7,12-17,22,24,26,29,33H,8-11,18-21,23,25,40H2,1-4H3,(H,42,52)(H,43,44,45,46)/t26-,29-,33-/m0/s1. The average Bonchev–Trinajstić information content (AvgIpc) is 3.70. The zero-order valence-corrected chi connectivity index (χ0v) is 31.0. The van der Waals surface area contributed by atoms with E-state index >= 15 is 0 Å². The summed E-state index contributed by atoms with van der Waals surface area (Å²) in [5.74, 6) is 0.510. The van der Waals surface area contributed by atoms with Gasteiger partial charge in [-0.2, -0.15) is 0 Å². The molecule has 3 amide bonds. The summed E-state index contributed by atoms with van der Waals surface area (Å²) in [7, 11) is 2.13. The number of ether oxygens (including phenoxy) is 1. The fourth-order valence-electron chi connectivity index (χ4n) is 6.94. The Morgan fingerprint density at radius 1 is 0.962 bits per heavy atom. The lowest BCUT2D eigenvalue weighted by molar-refractivity contribution is -0.130. The van der Waals surface area contributed by atoms with Crippen molar-refractivity contribution < 1.29 is 19.1 Å². The number of benzene rings is 2. The number of amides is 3. The molecule has 1 aliphatic carbocycles. The van der Waals surface area contributed by atoms with Crippen LogP contribution < -0.4 is 20.9 Å². The molecule has 14 nitrogen and oxygen atoms in total. The summed E-state index contributed by atoms with van der Waals surface area (Å²) in [6, 6.07) is 18.1. The zero-order valence-electron chi connectivity index (χ0n) is 31.0. The average molecular weight is 723 g/mol. The van der Waals surface area contributed by atoms with Gasteiger partial charge in [-0.3, -0.25) is 9.59 Å². The number of hydrogen-bond donors (Lipinski definition) is 3. The van der Waals surface area contributed by atoms with E-state index in [9.17, 15) is 14.4 Å². The van der Waals surface area contributed by atoms with Crippen molar-refractivity contribution in [2.45, 2.75) is 64.5 Å². The zero-order chi connectivity index (χ0) is 37.5. The van der Waals surface area contributed by atoms with Gasteiger partial charge in [-0.15, -0.1) is 5.10 Å². The number of hydrogen-bond acceptors (Lipinski definition) is 11. The number of aromatic amines is 1. The van der Waals surface area contributed by atoms with Crippen LogP contribution in [0.4, 0.5) is 16.3 Å². The summed E-state index contributed by atoms with van der Waals surface area (Å²) in [5, 5.41) is 16.8. The molecule has 1 saturated carbocycles. The Hall–Kier alpha value is -5.21. The molecule has 1 aliphatic heterocycles. The third-order valence-corrected chi connectivity index (χ3v) is 9.92. The largest absolute Gasteiger partial charge is 0.444 e. The molecule has 2 fully saturated rings. The topological polar surface area (TPSA) is 176 Å². The number of piperazine rings is 1. The second kappa shape index (κ2) is 16.6. The highest BCUT2D eigenvalue weighted by Gasteiger charge is 2.35. The van der Waals surface area contributed by atoms with E-state index in [-0.39, 0.29) is 24.2 Å². The van der Waals surface area contributed by atoms with Crippen LogP contribution in [-0.4, -0.2) is 99.8 Å². The lowest BCUT2D eigenvalue weighted by atomic mass is 9.81. The molecule has 0 radical (unpaired) electrons. The van der Waals surface area contributed by atoms with Gasteiger partial charge < -0.3 is 25.6 Å². The lowest BCUT2D eigenvalue weighted by Crippen LogP contribution is -2.50. The molecule has 0 unspecified atom stereocenters. The number of anilines is 2. The molecule has 4 N–H and O–H groups in total. The Bertz CT molecular complexity index is 1840. The quantitative estimate of drug-likeness (QED) is 0.211. The van der Waals surface area contributed by atoms with E-state index < -0.39 is 23.6 Å². The molecule has 2 aliphatic rings. The predicted octanol–water partition coefficient (Wildman–Crippen LogP) is 4.44. The number of nitrogens with two attached hydrogens (primary N) is 1. The van der Waals surface area contributed by atoms with E-state index in [1.54, 1.807) is 24.3 Å². The van der Waals surface area contributed by atoms with Crippen LogP contribution in [0.5, 0.6) is 0 Å². The first-order chi connectivity index (χ1) is 25.4. The van der Waals surface area contributed by atoms with Crippen LogP contribution in [0.1, 0.15) is 52.0 Å². The Balaban J connectivity index is 1.16. The molecular formula is C39H50N10O4. The number of rotatable bonds is 10. The van der Waals surface area contributed by atoms with E-state index in [2.05, 4.69) is 59.9 Å². The fraction of sp³-hybridized carbons (Fsp3) is 0.462. The summed E-state index contributed by atoms with van der Waals surface area (Å²) in [4.78, 5) is 51.2. The van der Waals surface area contributed by atoms with Crippen molar-refractivity contribution >= 4 is 29.4 Å². The number of pyridine rings is 1. The number of tetrazole rings is 1. The van der Waals surface area contributed by atoms with Gasteiger partial charge in [0, 0.05) is 50.4 Å². The molecule has 3 heterocycles. The minimum atomic E-state index is -0.972. The monoisotopic (exact) mass is 722 g/mol. The molecule has 2 aromatic heterocycles. The first-order valence-electron chi connectivity index (χ1n) is 18.4. The normalized spacial score (nSPS) is 18.6. The predicted molar refractivity (Wildman–Crippen MR) is 203 cm³/mol. The first-order valence-corrected chi connectivity index (χ1v) is 18.4. The summed E-state index contributed by atoms with van der Waals surface area (Å²) >= 11 is 0. The van der Waals surface area contributed by atoms with Gasteiger partial charge >= 0.3 is 6.09 Å². The molecule has 1 atom stereocenters. The molecule has 0 bridgehead atoms. The summed E-state index contributed by atoms with van der Waals surface area (Å²) in [5.41, 5.74) is 10.2. The maximum atomic E-state index is 14.3. The lowest BCUT2D eigenvalue weighted by Gasteiger charge is -2.33. The first kappa shape index (κ1) is 37.5. The molecular weight excluding hydrogens is 672 g/mol. The van der Waals surface area contributed by atoms with Gasteiger partial charge in [-0.1, -0.05) is 24.3 Å². The number of nitrogens with zero attached hydrogens (tertiary/aromatic N) is 7. The van der Waals surface area contributed by atoms with Gasteiger partial charge in [0.1, 0.15) is 11.4 Å². The van der Waals surface area contributed by atoms with Crippen molar-refractivity contribution in [2.75, 3.05) is 49.6 Å². The third kappa shape index (κ3) is 9.82. The van der Waals surface area contributed by atoms with E-state index in [1.807, 2.05) is 51.2 Å². The van der Waals surface area contributed by atoms with Crippen molar-refractivity contribution in [1.82, 2.24) is 35.8 Å². The number of carbonyl (C=O) groups is 3. The van der Waals surface area contributed by atoms with Crippen LogP contribution in [-0.2, 0) is 20.7 Å². The number of H-pyrrole nitrogens is 1. The van der Waals surface area contributed by atoms with E-state index in [1.165, 1.54) is 4.90 Å². The second-order valence-electron chi connectivity index (χ2n) is 15.1. The Morgan fingerprint density at radius 3 is 2.36 bits per heavy atom. The molecule has 14 heteroatoms. The van der Waals surface area contributed by atoms with Crippen LogP contribution >= 0.6 is 0 Å². The van der Waals surface area contributed by atoms with Gasteiger partial charge in [0.2, 0.25) is 5.91 Å². The molecule has 53 heavy (non-hydrogen) atoms. The van der Waals surface area contributed by atoms with Crippen molar-refractivity contribution in [3.63, 3.8) is 0 Å². The third-order valence-electron chi connectivity index (χ3n) is 9.92. The fourth-order valence-corrected chi connectivity index (χ4v) is 6.94. The van der Waals surface area contributed by atoms with Crippen LogP contribution in [0.25, 0.3) is 22.5 Å². The van der Waals surface area contributed by atoms with Gasteiger partial charge in [0.15, 0.2) is 5.82 Å². The summed E-state index contributed by atoms with van der Waals surface area (Å²) < 4.78 is 5.37. The Kier molecular flexibility index (Phi) is 11.8. The number of aromatic nitrogens is 5. The second-order valence-corrected chi connectivity index (χ2v) is 15.1. The van der Waals surface area contributed by atoms with E-state index in [4.69, 9.17) is 10.5 Å². The van der Waals surface area contributed by atoms with Crippen molar-refractivity contribution in [2.24, 2.45) is 17.6 Å².